The Bertz CT molecular complexity index is 990. The molecule has 2 aliphatic heterocycles. The van der Waals surface area contributed by atoms with Crippen molar-refractivity contribution in [2.45, 2.75) is 19.8 Å². The SMILES string of the molecule is Cc1cccc2c1C(=O)NCCN2C(=O)[C@H]1CCCN(C(=O)c2ccc(F)cc2)C1. The van der Waals surface area contributed by atoms with Crippen LogP contribution in [-0.2, 0) is 4.79 Å². The van der Waals surface area contributed by atoms with E-state index in [1.807, 2.05) is 19.1 Å². The van der Waals surface area contributed by atoms with E-state index < -0.39 is 5.82 Å². The fraction of sp³-hybridized carbons (Fsp3) is 0.348. The van der Waals surface area contributed by atoms with Crippen LogP contribution in [0.5, 0.6) is 0 Å². The zero-order valence-electron chi connectivity index (χ0n) is 16.9. The summed E-state index contributed by atoms with van der Waals surface area (Å²) in [7, 11) is 0. The number of carbonyl (C=O) groups excluding carboxylic acids is 3. The summed E-state index contributed by atoms with van der Waals surface area (Å²) in [4.78, 5) is 42.1. The molecule has 0 aliphatic carbocycles. The van der Waals surface area contributed by atoms with Crippen LogP contribution in [0.15, 0.2) is 42.5 Å². The second-order valence-corrected chi connectivity index (χ2v) is 7.81. The summed E-state index contributed by atoms with van der Waals surface area (Å²) in [5.74, 6) is -1.18. The number of amides is 3. The molecule has 1 fully saturated rings. The number of nitrogens with zero attached hydrogens (tertiary/aromatic N) is 2. The van der Waals surface area contributed by atoms with Gasteiger partial charge in [-0.2, -0.15) is 0 Å². The van der Waals surface area contributed by atoms with Gasteiger partial charge in [0.15, 0.2) is 0 Å². The van der Waals surface area contributed by atoms with Crippen LogP contribution >= 0.6 is 0 Å². The largest absolute Gasteiger partial charge is 0.350 e. The predicted octanol–water partition coefficient (Wildman–Crippen LogP) is 2.76. The number of nitrogens with one attached hydrogen (secondary N) is 1. The zero-order chi connectivity index (χ0) is 21.3. The van der Waals surface area contributed by atoms with Crippen molar-refractivity contribution in [1.29, 1.82) is 0 Å². The molecule has 0 unspecified atom stereocenters. The van der Waals surface area contributed by atoms with Gasteiger partial charge in [-0.3, -0.25) is 14.4 Å². The number of fused-ring (bicyclic) bond motifs is 1. The van der Waals surface area contributed by atoms with Gasteiger partial charge in [-0.25, -0.2) is 4.39 Å². The van der Waals surface area contributed by atoms with E-state index in [9.17, 15) is 18.8 Å². The monoisotopic (exact) mass is 409 g/mol. The second kappa shape index (κ2) is 8.26. The molecule has 156 valence electrons. The Hall–Kier alpha value is -3.22. The van der Waals surface area contributed by atoms with Crippen molar-refractivity contribution in [2.75, 3.05) is 31.1 Å². The van der Waals surface area contributed by atoms with Crippen molar-refractivity contribution in [2.24, 2.45) is 5.92 Å². The van der Waals surface area contributed by atoms with Crippen LogP contribution < -0.4 is 10.2 Å². The summed E-state index contributed by atoms with van der Waals surface area (Å²) in [6, 6.07) is 11.0. The maximum absolute atomic E-state index is 13.4. The highest BCUT2D eigenvalue weighted by Crippen LogP contribution is 2.29. The van der Waals surface area contributed by atoms with Crippen LogP contribution in [0.3, 0.4) is 0 Å². The van der Waals surface area contributed by atoms with Crippen LogP contribution in [-0.4, -0.2) is 48.8 Å². The molecular weight excluding hydrogens is 385 g/mol. The fourth-order valence-corrected chi connectivity index (χ4v) is 4.25. The molecule has 2 aliphatic rings. The van der Waals surface area contributed by atoms with E-state index in [0.717, 1.165) is 12.0 Å². The highest BCUT2D eigenvalue weighted by Gasteiger charge is 2.34. The quantitative estimate of drug-likeness (QED) is 0.829. The predicted molar refractivity (Wildman–Crippen MR) is 111 cm³/mol. The van der Waals surface area contributed by atoms with Crippen molar-refractivity contribution in [1.82, 2.24) is 10.2 Å². The topological polar surface area (TPSA) is 69.7 Å². The third kappa shape index (κ3) is 3.79. The molecule has 1 atom stereocenters. The van der Waals surface area contributed by atoms with Crippen LogP contribution in [0.2, 0.25) is 0 Å². The number of aryl methyl sites for hydroxylation is 1. The van der Waals surface area contributed by atoms with Crippen molar-refractivity contribution >= 4 is 23.4 Å². The minimum Gasteiger partial charge on any atom is -0.350 e. The van der Waals surface area contributed by atoms with Crippen molar-refractivity contribution in [3.05, 3.63) is 65.0 Å². The molecule has 0 saturated carbocycles. The van der Waals surface area contributed by atoms with E-state index in [0.29, 0.717) is 49.4 Å². The third-order valence-corrected chi connectivity index (χ3v) is 5.80. The summed E-state index contributed by atoms with van der Waals surface area (Å²) in [6.45, 7) is 3.51. The van der Waals surface area contributed by atoms with Gasteiger partial charge in [0.2, 0.25) is 5.91 Å². The van der Waals surface area contributed by atoms with Crippen LogP contribution in [0, 0.1) is 18.7 Å². The normalized spacial score (nSPS) is 19.0. The lowest BCUT2D eigenvalue weighted by Gasteiger charge is -2.35. The second-order valence-electron chi connectivity index (χ2n) is 7.81. The molecule has 1 N–H and O–H groups in total. The lowest BCUT2D eigenvalue weighted by molar-refractivity contribution is -0.123. The number of benzene rings is 2. The Labute approximate surface area is 174 Å². The van der Waals surface area contributed by atoms with Gasteiger partial charge in [-0.1, -0.05) is 12.1 Å². The van der Waals surface area contributed by atoms with Gasteiger partial charge in [-0.05, 0) is 55.7 Å². The summed E-state index contributed by atoms with van der Waals surface area (Å²) in [5.41, 5.74) is 2.38. The Morgan fingerprint density at radius 3 is 2.63 bits per heavy atom. The van der Waals surface area contributed by atoms with Crippen molar-refractivity contribution in [3.63, 3.8) is 0 Å². The average molecular weight is 409 g/mol. The number of piperidine rings is 1. The molecule has 2 aromatic rings. The first-order chi connectivity index (χ1) is 14.5. The number of hydrogen-bond donors (Lipinski definition) is 1. The molecule has 30 heavy (non-hydrogen) atoms. The van der Waals surface area contributed by atoms with E-state index in [-0.39, 0.29) is 23.6 Å². The maximum atomic E-state index is 13.4. The van der Waals surface area contributed by atoms with E-state index in [2.05, 4.69) is 5.32 Å². The number of rotatable bonds is 2. The minimum atomic E-state index is -0.392. The molecule has 0 radical (unpaired) electrons. The van der Waals surface area contributed by atoms with E-state index in [1.54, 1.807) is 15.9 Å². The Kier molecular flexibility index (Phi) is 5.53. The average Bonchev–Trinajstić information content (AvgIpc) is 2.93. The van der Waals surface area contributed by atoms with Gasteiger partial charge in [0.1, 0.15) is 5.82 Å². The molecule has 6 nitrogen and oxygen atoms in total. The molecule has 0 bridgehead atoms. The van der Waals surface area contributed by atoms with Gasteiger partial charge in [0.25, 0.3) is 11.8 Å². The number of likely N-dealkylation sites (tertiary alicyclic amines) is 1. The smallest absolute Gasteiger partial charge is 0.253 e. The summed E-state index contributed by atoms with van der Waals surface area (Å²) >= 11 is 0. The number of hydrogen-bond acceptors (Lipinski definition) is 3. The summed E-state index contributed by atoms with van der Waals surface area (Å²) in [5, 5.41) is 2.85. The zero-order valence-corrected chi connectivity index (χ0v) is 16.9. The van der Waals surface area contributed by atoms with E-state index in [4.69, 9.17) is 0 Å². The molecule has 4 rings (SSSR count). The maximum Gasteiger partial charge on any atom is 0.253 e. The number of halogens is 1. The highest BCUT2D eigenvalue weighted by atomic mass is 19.1. The number of anilines is 1. The van der Waals surface area contributed by atoms with Gasteiger partial charge in [0.05, 0.1) is 17.2 Å². The Morgan fingerprint density at radius 2 is 1.87 bits per heavy atom. The molecule has 2 heterocycles. The Morgan fingerprint density at radius 1 is 1.10 bits per heavy atom. The van der Waals surface area contributed by atoms with Crippen molar-refractivity contribution < 1.29 is 18.8 Å². The van der Waals surface area contributed by atoms with Crippen LogP contribution in [0.25, 0.3) is 0 Å². The first-order valence-corrected chi connectivity index (χ1v) is 10.2. The van der Waals surface area contributed by atoms with Gasteiger partial charge in [-0.15, -0.1) is 0 Å². The van der Waals surface area contributed by atoms with Gasteiger partial charge >= 0.3 is 0 Å². The first kappa shape index (κ1) is 20.1. The molecule has 0 aromatic heterocycles. The molecule has 2 aromatic carbocycles. The standard InChI is InChI=1S/C23H24FN3O3/c1-15-4-2-6-19-20(15)21(28)25-11-13-27(19)23(30)17-5-3-12-26(14-17)22(29)16-7-9-18(24)10-8-16/h2,4,6-10,17H,3,5,11-14H2,1H3,(H,25,28)/t17-/m0/s1. The molecular formula is C23H24FN3O3. The van der Waals surface area contributed by atoms with Crippen LogP contribution in [0.4, 0.5) is 10.1 Å². The van der Waals surface area contributed by atoms with Crippen LogP contribution in [0.1, 0.15) is 39.1 Å². The van der Waals surface area contributed by atoms with Crippen molar-refractivity contribution in [3.8, 4) is 0 Å². The van der Waals surface area contributed by atoms with E-state index in [1.165, 1.54) is 24.3 Å². The first-order valence-electron chi connectivity index (χ1n) is 10.2. The lowest BCUT2D eigenvalue weighted by Crippen LogP contribution is -2.47. The Balaban J connectivity index is 1.55. The van der Waals surface area contributed by atoms with Gasteiger partial charge < -0.3 is 15.1 Å². The molecule has 7 heteroatoms. The highest BCUT2D eigenvalue weighted by molar-refractivity contribution is 6.07. The summed E-state index contributed by atoms with van der Waals surface area (Å²) in [6.07, 6.45) is 1.40. The van der Waals surface area contributed by atoms with Gasteiger partial charge in [0, 0.05) is 31.7 Å². The molecule has 1 saturated heterocycles. The molecule has 3 amide bonds. The number of carbonyl (C=O) groups is 3. The third-order valence-electron chi connectivity index (χ3n) is 5.80. The van der Waals surface area contributed by atoms with E-state index >= 15 is 0 Å². The lowest BCUT2D eigenvalue weighted by atomic mass is 9.95. The fourth-order valence-electron chi connectivity index (χ4n) is 4.25. The summed E-state index contributed by atoms with van der Waals surface area (Å²) < 4.78 is 13.2. The minimum absolute atomic E-state index is 0.0741. The molecule has 0 spiro atoms.